The number of pyridine rings is 1. The van der Waals surface area contributed by atoms with E-state index in [2.05, 4.69) is 4.98 Å². The van der Waals surface area contributed by atoms with Crippen molar-refractivity contribution in [1.29, 1.82) is 0 Å². The van der Waals surface area contributed by atoms with Gasteiger partial charge in [0.15, 0.2) is 17.5 Å². The molecular weight excluding hydrogens is 245 g/mol. The maximum absolute atomic E-state index is 13.5. The molecule has 1 saturated heterocycles. The molecule has 0 N–H and O–H groups in total. The zero-order chi connectivity index (χ0) is 13.1. The van der Waals surface area contributed by atoms with Crippen molar-refractivity contribution in [2.24, 2.45) is 0 Å². The van der Waals surface area contributed by atoms with Crippen LogP contribution >= 0.6 is 0 Å². The molecule has 1 aromatic heterocycles. The quantitative estimate of drug-likeness (QED) is 0.781. The molecule has 2 heterocycles. The van der Waals surface area contributed by atoms with Gasteiger partial charge in [0.25, 0.3) is 5.95 Å². The van der Waals surface area contributed by atoms with Crippen molar-refractivity contribution in [2.45, 2.75) is 25.4 Å². The van der Waals surface area contributed by atoms with Crippen molar-refractivity contribution >= 4 is 5.82 Å². The Morgan fingerprint density at radius 3 is 2.78 bits per heavy atom. The molecule has 0 saturated carbocycles. The topological polar surface area (TPSA) is 25.4 Å². The predicted molar refractivity (Wildman–Crippen MR) is 61.0 cm³/mol. The van der Waals surface area contributed by atoms with E-state index in [4.69, 9.17) is 4.74 Å². The number of likely N-dealkylation sites (N-methyl/N-ethyl adjacent to an activating group) is 1. The first kappa shape index (κ1) is 13.1. The number of nitrogens with zero attached hydrogens (tertiary/aromatic N) is 2. The van der Waals surface area contributed by atoms with Gasteiger partial charge in [-0.15, -0.1) is 0 Å². The van der Waals surface area contributed by atoms with Gasteiger partial charge in [-0.05, 0) is 19.3 Å². The van der Waals surface area contributed by atoms with Crippen LogP contribution in [-0.2, 0) is 4.74 Å². The zero-order valence-corrected chi connectivity index (χ0v) is 10.1. The zero-order valence-electron chi connectivity index (χ0n) is 10.1. The van der Waals surface area contributed by atoms with Crippen LogP contribution < -0.4 is 4.90 Å². The highest BCUT2D eigenvalue weighted by Gasteiger charge is 2.20. The van der Waals surface area contributed by atoms with Gasteiger partial charge >= 0.3 is 0 Å². The molecule has 100 valence electrons. The van der Waals surface area contributed by atoms with Crippen molar-refractivity contribution in [3.63, 3.8) is 0 Å². The van der Waals surface area contributed by atoms with E-state index in [0.717, 1.165) is 19.3 Å². The van der Waals surface area contributed by atoms with Gasteiger partial charge < -0.3 is 9.64 Å². The fraction of sp³-hybridized carbons (Fsp3) is 0.583. The molecule has 1 aliphatic rings. The standard InChI is InChI=1S/C12H15F3N2O/c1-17(7-8-4-2-3-5-18-8)12-10(14)6-9(13)11(15)16-12/h6,8H,2-5,7H2,1H3. The van der Waals surface area contributed by atoms with Crippen LogP contribution in [0.15, 0.2) is 6.07 Å². The number of aromatic nitrogens is 1. The number of hydrogen-bond donors (Lipinski definition) is 0. The highest BCUT2D eigenvalue weighted by atomic mass is 19.2. The van der Waals surface area contributed by atoms with E-state index in [1.807, 2.05) is 0 Å². The summed E-state index contributed by atoms with van der Waals surface area (Å²) in [5, 5.41) is 0. The largest absolute Gasteiger partial charge is 0.376 e. The Bertz CT molecular complexity index is 422. The third kappa shape index (κ3) is 2.93. The van der Waals surface area contributed by atoms with E-state index < -0.39 is 17.6 Å². The number of anilines is 1. The average Bonchev–Trinajstić information content (AvgIpc) is 2.35. The summed E-state index contributed by atoms with van der Waals surface area (Å²) in [6.07, 6.45) is 2.96. The van der Waals surface area contributed by atoms with Gasteiger partial charge in [-0.1, -0.05) is 0 Å². The first-order valence-corrected chi connectivity index (χ1v) is 5.92. The second kappa shape index (κ2) is 5.56. The molecule has 1 fully saturated rings. The monoisotopic (exact) mass is 260 g/mol. The minimum absolute atomic E-state index is 0.0157. The normalized spacial score (nSPS) is 19.9. The lowest BCUT2D eigenvalue weighted by Crippen LogP contribution is -2.34. The summed E-state index contributed by atoms with van der Waals surface area (Å²) in [5.74, 6) is -3.63. The van der Waals surface area contributed by atoms with Crippen molar-refractivity contribution in [2.75, 3.05) is 25.1 Å². The third-order valence-electron chi connectivity index (χ3n) is 2.98. The average molecular weight is 260 g/mol. The number of ether oxygens (including phenoxy) is 1. The minimum Gasteiger partial charge on any atom is -0.376 e. The van der Waals surface area contributed by atoms with Crippen LogP contribution in [0.2, 0.25) is 0 Å². The van der Waals surface area contributed by atoms with E-state index >= 15 is 0 Å². The Morgan fingerprint density at radius 2 is 2.11 bits per heavy atom. The molecule has 0 radical (unpaired) electrons. The third-order valence-corrected chi connectivity index (χ3v) is 2.98. The Balaban J connectivity index is 2.08. The molecule has 1 unspecified atom stereocenters. The number of hydrogen-bond acceptors (Lipinski definition) is 3. The fourth-order valence-corrected chi connectivity index (χ4v) is 2.05. The fourth-order valence-electron chi connectivity index (χ4n) is 2.05. The van der Waals surface area contributed by atoms with Crippen LogP contribution in [0, 0.1) is 17.6 Å². The summed E-state index contributed by atoms with van der Waals surface area (Å²) in [6.45, 7) is 1.10. The van der Waals surface area contributed by atoms with E-state index in [9.17, 15) is 13.2 Å². The molecule has 6 heteroatoms. The van der Waals surface area contributed by atoms with Crippen LogP contribution in [-0.4, -0.2) is 31.3 Å². The van der Waals surface area contributed by atoms with E-state index in [1.165, 1.54) is 4.90 Å². The van der Waals surface area contributed by atoms with Gasteiger partial charge in [-0.3, -0.25) is 0 Å². The van der Waals surface area contributed by atoms with Crippen molar-refractivity contribution < 1.29 is 17.9 Å². The van der Waals surface area contributed by atoms with Crippen LogP contribution in [0.3, 0.4) is 0 Å². The predicted octanol–water partition coefficient (Wildman–Crippen LogP) is 2.50. The van der Waals surface area contributed by atoms with Crippen molar-refractivity contribution in [3.05, 3.63) is 23.6 Å². The molecule has 1 aromatic rings. The van der Waals surface area contributed by atoms with Gasteiger partial charge in [-0.25, -0.2) is 8.78 Å². The summed E-state index contributed by atoms with van der Waals surface area (Å²) in [4.78, 5) is 4.74. The van der Waals surface area contributed by atoms with Gasteiger partial charge in [0.2, 0.25) is 0 Å². The molecule has 3 nitrogen and oxygen atoms in total. The highest BCUT2D eigenvalue weighted by molar-refractivity contribution is 5.39. The smallest absolute Gasteiger partial charge is 0.251 e. The maximum atomic E-state index is 13.5. The summed E-state index contributed by atoms with van der Waals surface area (Å²) >= 11 is 0. The van der Waals surface area contributed by atoms with Crippen molar-refractivity contribution in [1.82, 2.24) is 4.98 Å². The molecule has 0 spiro atoms. The number of halogens is 3. The lowest BCUT2D eigenvalue weighted by atomic mass is 10.1. The summed E-state index contributed by atoms with van der Waals surface area (Å²) in [5.41, 5.74) is 0. The molecule has 0 aromatic carbocycles. The first-order chi connectivity index (χ1) is 8.58. The highest BCUT2D eigenvalue weighted by Crippen LogP contribution is 2.20. The maximum Gasteiger partial charge on any atom is 0.251 e. The summed E-state index contributed by atoms with van der Waals surface area (Å²) < 4.78 is 44.7. The van der Waals surface area contributed by atoms with Crippen LogP contribution in [0.5, 0.6) is 0 Å². The summed E-state index contributed by atoms with van der Waals surface area (Å²) in [6, 6.07) is 0.510. The number of rotatable bonds is 3. The summed E-state index contributed by atoms with van der Waals surface area (Å²) in [7, 11) is 1.58. The molecule has 1 aliphatic heterocycles. The lowest BCUT2D eigenvalue weighted by molar-refractivity contribution is 0.0214. The van der Waals surface area contributed by atoms with Gasteiger partial charge in [0, 0.05) is 26.3 Å². The SMILES string of the molecule is CN(CC1CCCCO1)c1nc(F)c(F)cc1F. The second-order valence-corrected chi connectivity index (χ2v) is 4.44. The molecule has 0 amide bonds. The van der Waals surface area contributed by atoms with Crippen LogP contribution in [0.25, 0.3) is 0 Å². The minimum atomic E-state index is -1.29. The van der Waals surface area contributed by atoms with Crippen molar-refractivity contribution in [3.8, 4) is 0 Å². The molecule has 18 heavy (non-hydrogen) atoms. The second-order valence-electron chi connectivity index (χ2n) is 4.44. The van der Waals surface area contributed by atoms with Crippen LogP contribution in [0.4, 0.5) is 19.0 Å². The van der Waals surface area contributed by atoms with Gasteiger partial charge in [-0.2, -0.15) is 9.37 Å². The Labute approximate surface area is 104 Å². The molecule has 0 bridgehead atoms. The van der Waals surface area contributed by atoms with Crippen LogP contribution in [0.1, 0.15) is 19.3 Å². The Hall–Kier alpha value is -1.30. The van der Waals surface area contributed by atoms with E-state index in [-0.39, 0.29) is 11.9 Å². The molecule has 0 aliphatic carbocycles. The van der Waals surface area contributed by atoms with Gasteiger partial charge in [0.05, 0.1) is 6.10 Å². The lowest BCUT2D eigenvalue weighted by Gasteiger charge is -2.28. The Morgan fingerprint density at radius 1 is 1.33 bits per heavy atom. The molecule has 1 atom stereocenters. The van der Waals surface area contributed by atoms with Gasteiger partial charge in [0.1, 0.15) is 0 Å². The molecule has 2 rings (SSSR count). The molecular formula is C12H15F3N2O. The first-order valence-electron chi connectivity index (χ1n) is 5.92. The van der Waals surface area contributed by atoms with E-state index in [0.29, 0.717) is 19.2 Å². The Kier molecular flexibility index (Phi) is 4.06. The van der Waals surface area contributed by atoms with E-state index in [1.54, 1.807) is 7.05 Å².